The number of Topliss-reactive ketones (excluding diaryl/α,β-unsaturated/α-hetero) is 1. The first-order chi connectivity index (χ1) is 7.72. The van der Waals surface area contributed by atoms with Crippen molar-refractivity contribution in [3.63, 3.8) is 0 Å². The van der Waals surface area contributed by atoms with Crippen LogP contribution in [0.2, 0.25) is 0 Å². The Morgan fingerprint density at radius 3 is 2.94 bits per heavy atom. The average molecular weight is 216 g/mol. The minimum atomic E-state index is -0.0767. The van der Waals surface area contributed by atoms with E-state index in [2.05, 4.69) is 13.0 Å². The molecule has 0 radical (unpaired) electrons. The van der Waals surface area contributed by atoms with Crippen molar-refractivity contribution in [3.05, 3.63) is 41.5 Å². The molecule has 0 bridgehead atoms. The SMILES string of the molecule is CC1C=C(C(=O)CCO)c2ccccc2C1. The second-order valence-electron chi connectivity index (χ2n) is 4.32. The maximum atomic E-state index is 11.9. The zero-order valence-corrected chi connectivity index (χ0v) is 9.44. The Kier molecular flexibility index (Phi) is 3.20. The van der Waals surface area contributed by atoms with Gasteiger partial charge >= 0.3 is 0 Å². The fourth-order valence-electron chi connectivity index (χ4n) is 2.22. The number of carbonyl (C=O) groups is 1. The van der Waals surface area contributed by atoms with E-state index in [-0.39, 0.29) is 18.8 Å². The van der Waals surface area contributed by atoms with Gasteiger partial charge in [0, 0.05) is 12.0 Å². The third-order valence-corrected chi connectivity index (χ3v) is 2.94. The van der Waals surface area contributed by atoms with Crippen LogP contribution in [-0.4, -0.2) is 17.5 Å². The summed E-state index contributed by atoms with van der Waals surface area (Å²) in [5.41, 5.74) is 3.06. The molecular formula is C14H16O2. The highest BCUT2D eigenvalue weighted by Gasteiger charge is 2.20. The monoisotopic (exact) mass is 216 g/mol. The first-order valence-electron chi connectivity index (χ1n) is 5.66. The molecule has 1 unspecified atom stereocenters. The van der Waals surface area contributed by atoms with Crippen molar-refractivity contribution in [2.24, 2.45) is 5.92 Å². The Bertz CT molecular complexity index is 432. The normalized spacial score (nSPS) is 18.9. The van der Waals surface area contributed by atoms with Crippen LogP contribution < -0.4 is 0 Å². The summed E-state index contributed by atoms with van der Waals surface area (Å²) in [7, 11) is 0. The van der Waals surface area contributed by atoms with Gasteiger partial charge in [-0.3, -0.25) is 4.79 Å². The van der Waals surface area contributed by atoms with E-state index in [9.17, 15) is 4.79 Å². The molecule has 16 heavy (non-hydrogen) atoms. The molecule has 0 aromatic heterocycles. The minimum Gasteiger partial charge on any atom is -0.396 e. The number of hydrogen-bond donors (Lipinski definition) is 1. The second-order valence-corrected chi connectivity index (χ2v) is 4.32. The summed E-state index contributed by atoms with van der Waals surface area (Å²) < 4.78 is 0. The van der Waals surface area contributed by atoms with Crippen LogP contribution in [-0.2, 0) is 11.2 Å². The zero-order valence-electron chi connectivity index (χ0n) is 9.44. The Balaban J connectivity index is 2.39. The third kappa shape index (κ3) is 2.07. The van der Waals surface area contributed by atoms with Crippen molar-refractivity contribution in [3.8, 4) is 0 Å². The predicted octanol–water partition coefficient (Wildman–Crippen LogP) is 2.21. The molecule has 1 aromatic carbocycles. The van der Waals surface area contributed by atoms with Crippen LogP contribution in [0.25, 0.3) is 5.57 Å². The van der Waals surface area contributed by atoms with E-state index in [1.807, 2.05) is 24.3 Å². The molecule has 0 saturated heterocycles. The highest BCUT2D eigenvalue weighted by atomic mass is 16.3. The maximum Gasteiger partial charge on any atom is 0.165 e. The minimum absolute atomic E-state index is 0.0431. The molecule has 1 atom stereocenters. The lowest BCUT2D eigenvalue weighted by molar-refractivity contribution is -0.114. The van der Waals surface area contributed by atoms with Crippen molar-refractivity contribution >= 4 is 11.4 Å². The molecule has 0 spiro atoms. The van der Waals surface area contributed by atoms with Crippen LogP contribution in [0.4, 0.5) is 0 Å². The number of carbonyl (C=O) groups excluding carboxylic acids is 1. The molecule has 0 fully saturated rings. The lowest BCUT2D eigenvalue weighted by Gasteiger charge is -2.20. The summed E-state index contributed by atoms with van der Waals surface area (Å²) in [6, 6.07) is 8.02. The molecule has 0 heterocycles. The average Bonchev–Trinajstić information content (AvgIpc) is 2.28. The quantitative estimate of drug-likeness (QED) is 0.841. The molecule has 2 rings (SSSR count). The topological polar surface area (TPSA) is 37.3 Å². The first kappa shape index (κ1) is 11.1. The highest BCUT2D eigenvalue weighted by Crippen LogP contribution is 2.30. The van der Waals surface area contributed by atoms with E-state index in [1.54, 1.807) is 0 Å². The number of fused-ring (bicyclic) bond motifs is 1. The Labute approximate surface area is 95.6 Å². The molecular weight excluding hydrogens is 200 g/mol. The van der Waals surface area contributed by atoms with Gasteiger partial charge in [0.15, 0.2) is 5.78 Å². The van der Waals surface area contributed by atoms with Crippen LogP contribution >= 0.6 is 0 Å². The van der Waals surface area contributed by atoms with Crippen molar-refractivity contribution in [2.75, 3.05) is 6.61 Å². The highest BCUT2D eigenvalue weighted by molar-refractivity contribution is 6.21. The molecule has 1 aliphatic rings. The van der Waals surface area contributed by atoms with Gasteiger partial charge in [0.1, 0.15) is 0 Å². The van der Waals surface area contributed by atoms with Crippen LogP contribution in [0.5, 0.6) is 0 Å². The number of benzene rings is 1. The summed E-state index contributed by atoms with van der Waals surface area (Å²) in [6.07, 6.45) is 3.24. The van der Waals surface area contributed by atoms with E-state index >= 15 is 0 Å². The van der Waals surface area contributed by atoms with Gasteiger partial charge in [-0.1, -0.05) is 37.3 Å². The van der Waals surface area contributed by atoms with Gasteiger partial charge < -0.3 is 5.11 Å². The molecule has 0 saturated carbocycles. The van der Waals surface area contributed by atoms with Crippen LogP contribution in [0.3, 0.4) is 0 Å². The fraction of sp³-hybridized carbons (Fsp3) is 0.357. The predicted molar refractivity (Wildman–Crippen MR) is 64.0 cm³/mol. The van der Waals surface area contributed by atoms with Crippen LogP contribution in [0.1, 0.15) is 24.5 Å². The second kappa shape index (κ2) is 4.62. The molecule has 2 nitrogen and oxygen atoms in total. The van der Waals surface area contributed by atoms with Crippen molar-refractivity contribution in [1.29, 1.82) is 0 Å². The summed E-state index contributed by atoms with van der Waals surface area (Å²) in [5.74, 6) is 0.439. The van der Waals surface area contributed by atoms with E-state index in [0.717, 1.165) is 17.6 Å². The number of hydrogen-bond acceptors (Lipinski definition) is 2. The molecule has 0 amide bonds. The van der Waals surface area contributed by atoms with Crippen molar-refractivity contribution < 1.29 is 9.90 Å². The van der Waals surface area contributed by atoms with Gasteiger partial charge in [-0.2, -0.15) is 0 Å². The number of aliphatic hydroxyl groups is 1. The Morgan fingerprint density at radius 2 is 2.19 bits per heavy atom. The number of allylic oxidation sites excluding steroid dienone is 2. The largest absolute Gasteiger partial charge is 0.396 e. The molecule has 0 aliphatic heterocycles. The molecule has 1 aliphatic carbocycles. The lowest BCUT2D eigenvalue weighted by atomic mass is 9.83. The third-order valence-electron chi connectivity index (χ3n) is 2.94. The maximum absolute atomic E-state index is 11.9. The van der Waals surface area contributed by atoms with Crippen LogP contribution in [0, 0.1) is 5.92 Å². The Morgan fingerprint density at radius 1 is 1.44 bits per heavy atom. The molecule has 84 valence electrons. The summed E-state index contributed by atoms with van der Waals surface area (Å²) in [5, 5.41) is 8.83. The van der Waals surface area contributed by atoms with Crippen molar-refractivity contribution in [1.82, 2.24) is 0 Å². The van der Waals surface area contributed by atoms with E-state index < -0.39 is 0 Å². The molecule has 1 N–H and O–H groups in total. The van der Waals surface area contributed by atoms with Gasteiger partial charge in [0.25, 0.3) is 0 Å². The fourth-order valence-corrected chi connectivity index (χ4v) is 2.22. The molecule has 1 aromatic rings. The van der Waals surface area contributed by atoms with Gasteiger partial charge in [-0.25, -0.2) is 0 Å². The number of rotatable bonds is 3. The van der Waals surface area contributed by atoms with Crippen LogP contribution in [0.15, 0.2) is 30.3 Å². The number of ketones is 1. The summed E-state index contributed by atoms with van der Waals surface area (Å²) >= 11 is 0. The van der Waals surface area contributed by atoms with Gasteiger partial charge in [-0.15, -0.1) is 0 Å². The summed E-state index contributed by atoms with van der Waals surface area (Å²) in [4.78, 5) is 11.9. The standard InChI is InChI=1S/C14H16O2/c1-10-8-11-4-2-3-5-12(11)13(9-10)14(16)6-7-15/h2-5,9-10,15H,6-8H2,1H3. The summed E-state index contributed by atoms with van der Waals surface area (Å²) in [6.45, 7) is 2.04. The van der Waals surface area contributed by atoms with E-state index in [1.165, 1.54) is 5.56 Å². The van der Waals surface area contributed by atoms with E-state index in [0.29, 0.717) is 5.92 Å². The van der Waals surface area contributed by atoms with E-state index in [4.69, 9.17) is 5.11 Å². The lowest BCUT2D eigenvalue weighted by Crippen LogP contribution is -2.13. The zero-order chi connectivity index (χ0) is 11.5. The van der Waals surface area contributed by atoms with Gasteiger partial charge in [-0.05, 0) is 23.5 Å². The smallest absolute Gasteiger partial charge is 0.165 e. The number of aliphatic hydroxyl groups excluding tert-OH is 1. The van der Waals surface area contributed by atoms with Gasteiger partial charge in [0.2, 0.25) is 0 Å². The van der Waals surface area contributed by atoms with Gasteiger partial charge in [0.05, 0.1) is 6.61 Å². The Hall–Kier alpha value is -1.41. The van der Waals surface area contributed by atoms with Crippen molar-refractivity contribution in [2.45, 2.75) is 19.8 Å². The molecule has 2 heteroatoms. The first-order valence-corrected chi connectivity index (χ1v) is 5.66.